The molecule has 1 aliphatic heterocycles. The molecule has 0 aromatic carbocycles. The fourth-order valence-corrected chi connectivity index (χ4v) is 6.15. The molecule has 0 radical (unpaired) electrons. The van der Waals surface area contributed by atoms with Gasteiger partial charge in [-0.3, -0.25) is 9.59 Å². The summed E-state index contributed by atoms with van der Waals surface area (Å²) in [7, 11) is 3.09. The summed E-state index contributed by atoms with van der Waals surface area (Å²) in [6.07, 6.45) is 5.67. The first-order valence-electron chi connectivity index (χ1n) is 10.9. The van der Waals surface area contributed by atoms with Crippen LogP contribution in [0.25, 0.3) is 0 Å². The lowest BCUT2D eigenvalue weighted by molar-refractivity contribution is -0.152. The van der Waals surface area contributed by atoms with Crippen molar-refractivity contribution in [2.45, 2.75) is 82.2 Å². The summed E-state index contributed by atoms with van der Waals surface area (Å²) in [5.74, 6) is -1.22. The second-order valence-corrected chi connectivity index (χ2v) is 12.2. The highest BCUT2D eigenvalue weighted by Gasteiger charge is 2.67. The van der Waals surface area contributed by atoms with Gasteiger partial charge in [0.25, 0.3) is 0 Å². The van der Waals surface area contributed by atoms with Gasteiger partial charge in [0.15, 0.2) is 6.04 Å². The molecule has 3 rings (SSSR count). The van der Waals surface area contributed by atoms with Crippen molar-refractivity contribution in [3.05, 3.63) is 0 Å². The van der Waals surface area contributed by atoms with E-state index in [1.54, 1.807) is 11.4 Å². The number of carbonyl (C=O) groups excluding carboxylic acids is 2. The lowest BCUT2D eigenvalue weighted by atomic mass is 9.97. The molecule has 5 atom stereocenters. The molecular weight excluding hydrogens is 406 g/mol. The smallest absolute Gasteiger partial charge is 0.326 e. The van der Waals surface area contributed by atoms with Gasteiger partial charge in [0.2, 0.25) is 11.8 Å². The maximum Gasteiger partial charge on any atom is 0.326 e. The van der Waals surface area contributed by atoms with Gasteiger partial charge in [0.1, 0.15) is 10.8 Å². The summed E-state index contributed by atoms with van der Waals surface area (Å²) in [5, 5.41) is 9.65. The molecule has 0 aromatic rings. The van der Waals surface area contributed by atoms with Crippen LogP contribution in [-0.2, 0) is 25.7 Å². The van der Waals surface area contributed by atoms with Crippen LogP contribution in [0.15, 0.2) is 0 Å². The number of rotatable bonds is 8. The molecule has 1 N–H and O–H groups in total. The Hall–Kier alpha value is -1.32. The zero-order valence-corrected chi connectivity index (χ0v) is 19.5. The summed E-state index contributed by atoms with van der Waals surface area (Å²) in [6, 6.07) is -1.32. The van der Waals surface area contributed by atoms with Crippen LogP contribution in [0.3, 0.4) is 0 Å². The monoisotopic (exact) mass is 441 g/mol. The van der Waals surface area contributed by atoms with Gasteiger partial charge in [-0.25, -0.2) is 4.79 Å². The second kappa shape index (κ2) is 8.67. The minimum atomic E-state index is -1.28. The van der Waals surface area contributed by atoms with Crippen LogP contribution >= 0.6 is 0 Å². The molecule has 170 valence electrons. The molecular formula is C21H35N3O5S. The number of carbonyl (C=O) groups is 3. The van der Waals surface area contributed by atoms with Crippen LogP contribution in [0, 0.1) is 11.8 Å². The fourth-order valence-electron chi connectivity index (χ4n) is 4.65. The van der Waals surface area contributed by atoms with E-state index in [0.29, 0.717) is 5.92 Å². The fraction of sp³-hybridized carbons (Fsp3) is 0.857. The van der Waals surface area contributed by atoms with Crippen molar-refractivity contribution in [3.63, 3.8) is 0 Å². The van der Waals surface area contributed by atoms with Crippen molar-refractivity contribution in [1.29, 1.82) is 0 Å². The Bertz CT molecular complexity index is 687. The number of carboxylic acid groups (broad SMARTS) is 1. The lowest BCUT2D eigenvalue weighted by Gasteiger charge is -2.31. The molecule has 0 aromatic heterocycles. The normalized spacial score (nSPS) is 28.7. The number of amides is 2. The van der Waals surface area contributed by atoms with Crippen LogP contribution in [0.2, 0.25) is 0 Å². The Morgan fingerprint density at radius 2 is 1.70 bits per heavy atom. The van der Waals surface area contributed by atoms with E-state index in [4.69, 9.17) is 0 Å². The van der Waals surface area contributed by atoms with E-state index in [1.165, 1.54) is 16.8 Å². The number of aliphatic carboxylic acids is 1. The Labute approximate surface area is 182 Å². The SMILES string of the molecule is CN(CC(=O)N(C)[C@H](C(=O)O)C1CCCC1)C(=O)[C@H]1[C@@H](C2CC2)N1[S+]([O-])C(C)(C)C. The third kappa shape index (κ3) is 4.78. The summed E-state index contributed by atoms with van der Waals surface area (Å²) >= 11 is -1.28. The standard InChI is InChI=1S/C21H35N3O5S/c1-21(2,3)30(29)24-16(14-10-11-14)18(24)19(26)22(4)12-15(25)23(5)17(20(27)28)13-8-6-7-9-13/h13-14,16-18H,6-12H2,1-5H3,(H,27,28)/t16-,17+,18-,24?,30?/m1/s1. The maximum atomic E-state index is 13.1. The molecule has 2 aliphatic carbocycles. The Morgan fingerprint density at radius 1 is 1.13 bits per heavy atom. The van der Waals surface area contributed by atoms with Crippen molar-refractivity contribution in [3.8, 4) is 0 Å². The van der Waals surface area contributed by atoms with Gasteiger partial charge in [-0.1, -0.05) is 12.8 Å². The molecule has 9 heteroatoms. The quantitative estimate of drug-likeness (QED) is 0.452. The van der Waals surface area contributed by atoms with E-state index < -0.39 is 34.2 Å². The number of likely N-dealkylation sites (N-methyl/N-ethyl adjacent to an activating group) is 2. The highest BCUT2D eigenvalue weighted by molar-refractivity contribution is 7.90. The molecule has 2 amide bonds. The van der Waals surface area contributed by atoms with E-state index in [1.807, 2.05) is 20.8 Å². The zero-order chi connectivity index (χ0) is 22.4. The van der Waals surface area contributed by atoms with Crippen LogP contribution < -0.4 is 0 Å². The molecule has 0 bridgehead atoms. The van der Waals surface area contributed by atoms with Gasteiger partial charge in [-0.05, 0) is 58.3 Å². The van der Waals surface area contributed by atoms with Crippen molar-refractivity contribution in [1.82, 2.24) is 14.1 Å². The van der Waals surface area contributed by atoms with E-state index in [-0.39, 0.29) is 30.3 Å². The first-order chi connectivity index (χ1) is 13.9. The van der Waals surface area contributed by atoms with Crippen LogP contribution in [-0.4, -0.2) is 85.1 Å². The molecule has 0 spiro atoms. The number of hydrogen-bond acceptors (Lipinski definition) is 5. The van der Waals surface area contributed by atoms with Gasteiger partial charge in [-0.15, -0.1) is 4.31 Å². The maximum absolute atomic E-state index is 13.1. The number of nitrogens with zero attached hydrogens (tertiary/aromatic N) is 3. The van der Waals surface area contributed by atoms with Gasteiger partial charge in [0.05, 0.1) is 12.6 Å². The van der Waals surface area contributed by atoms with Crippen molar-refractivity contribution in [2.24, 2.45) is 11.8 Å². The average molecular weight is 442 g/mol. The molecule has 1 heterocycles. The van der Waals surface area contributed by atoms with Gasteiger partial charge < -0.3 is 19.5 Å². The zero-order valence-electron chi connectivity index (χ0n) is 18.7. The molecule has 3 aliphatic rings. The van der Waals surface area contributed by atoms with E-state index in [2.05, 4.69) is 0 Å². The first kappa shape index (κ1) is 23.3. The Kier molecular flexibility index (Phi) is 6.74. The summed E-state index contributed by atoms with van der Waals surface area (Å²) in [6.45, 7) is 5.51. The minimum Gasteiger partial charge on any atom is -0.597 e. The molecule has 8 nitrogen and oxygen atoms in total. The van der Waals surface area contributed by atoms with Crippen molar-refractivity contribution >= 4 is 29.1 Å². The topological polar surface area (TPSA) is 104 Å². The van der Waals surface area contributed by atoms with E-state index in [0.717, 1.165) is 38.5 Å². The van der Waals surface area contributed by atoms with Gasteiger partial charge in [-0.2, -0.15) is 0 Å². The van der Waals surface area contributed by atoms with Crippen LogP contribution in [0.4, 0.5) is 0 Å². The van der Waals surface area contributed by atoms with Crippen LogP contribution in [0.1, 0.15) is 59.3 Å². The van der Waals surface area contributed by atoms with Gasteiger partial charge in [0, 0.05) is 25.5 Å². The highest BCUT2D eigenvalue weighted by atomic mass is 32.2. The number of carboxylic acids is 1. The van der Waals surface area contributed by atoms with Gasteiger partial charge >= 0.3 is 5.97 Å². The predicted octanol–water partition coefficient (Wildman–Crippen LogP) is 1.47. The molecule has 30 heavy (non-hydrogen) atoms. The minimum absolute atomic E-state index is 0.0157. The summed E-state index contributed by atoms with van der Waals surface area (Å²) in [5.41, 5.74) is 0. The van der Waals surface area contributed by atoms with Crippen molar-refractivity contribution < 1.29 is 24.0 Å². The third-order valence-corrected chi connectivity index (χ3v) is 8.44. The number of hydrogen-bond donors (Lipinski definition) is 1. The van der Waals surface area contributed by atoms with Crippen LogP contribution in [0.5, 0.6) is 0 Å². The summed E-state index contributed by atoms with van der Waals surface area (Å²) < 4.78 is 14.2. The second-order valence-electron chi connectivity index (χ2n) is 10.0. The van der Waals surface area contributed by atoms with E-state index >= 15 is 0 Å². The Balaban J connectivity index is 1.63. The highest BCUT2D eigenvalue weighted by Crippen LogP contribution is 2.50. The molecule has 2 unspecified atom stereocenters. The molecule has 3 fully saturated rings. The molecule has 1 saturated heterocycles. The lowest BCUT2D eigenvalue weighted by Crippen LogP contribution is -2.50. The largest absolute Gasteiger partial charge is 0.597 e. The summed E-state index contributed by atoms with van der Waals surface area (Å²) in [4.78, 5) is 40.3. The van der Waals surface area contributed by atoms with Crippen molar-refractivity contribution in [2.75, 3.05) is 20.6 Å². The van der Waals surface area contributed by atoms with E-state index in [9.17, 15) is 24.0 Å². The predicted molar refractivity (Wildman–Crippen MR) is 114 cm³/mol. The molecule has 2 saturated carbocycles. The first-order valence-corrected chi connectivity index (χ1v) is 12.0. The Morgan fingerprint density at radius 3 is 2.17 bits per heavy atom. The average Bonchev–Trinajstić information content (AvgIpc) is 3.55. The third-order valence-electron chi connectivity index (χ3n) is 6.53.